The third-order valence-corrected chi connectivity index (χ3v) is 4.05. The molecular formula is C23H23NO3. The lowest BCUT2D eigenvalue weighted by atomic mass is 10.0. The summed E-state index contributed by atoms with van der Waals surface area (Å²) in [4.78, 5) is 4.50. The van der Waals surface area contributed by atoms with Crippen molar-refractivity contribution in [2.24, 2.45) is 0 Å². The van der Waals surface area contributed by atoms with E-state index < -0.39 is 0 Å². The lowest BCUT2D eigenvalue weighted by Crippen LogP contribution is -1.99. The molecule has 0 amide bonds. The van der Waals surface area contributed by atoms with Crippen LogP contribution in [0, 0.1) is 6.92 Å². The fraction of sp³-hybridized carbons (Fsp3) is 0.174. The Morgan fingerprint density at radius 2 is 2.00 bits per heavy atom. The number of aliphatic hydroxyl groups is 1. The maximum atomic E-state index is 9.33. The van der Waals surface area contributed by atoms with Gasteiger partial charge in [0.05, 0.1) is 6.61 Å². The van der Waals surface area contributed by atoms with Crippen molar-refractivity contribution in [2.45, 2.75) is 20.5 Å². The average Bonchev–Trinajstić information content (AvgIpc) is 3.16. The van der Waals surface area contributed by atoms with E-state index in [1.807, 2.05) is 68.5 Å². The molecule has 0 aliphatic heterocycles. The molecule has 3 aromatic rings. The van der Waals surface area contributed by atoms with Gasteiger partial charge in [0.25, 0.3) is 0 Å². The first-order valence-corrected chi connectivity index (χ1v) is 8.88. The second kappa shape index (κ2) is 9.01. The minimum Gasteiger partial charge on any atom is -0.487 e. The molecule has 0 unspecified atom stereocenters. The Morgan fingerprint density at radius 1 is 1.19 bits per heavy atom. The monoisotopic (exact) mass is 361 g/mol. The number of nitrogens with zero attached hydrogens (tertiary/aromatic N) is 1. The van der Waals surface area contributed by atoms with Gasteiger partial charge in [-0.2, -0.15) is 0 Å². The minimum absolute atomic E-state index is 0.0310. The summed E-state index contributed by atoms with van der Waals surface area (Å²) < 4.78 is 11.6. The molecular weight excluding hydrogens is 338 g/mol. The van der Waals surface area contributed by atoms with Crippen molar-refractivity contribution >= 4 is 5.57 Å². The van der Waals surface area contributed by atoms with Crippen molar-refractivity contribution in [2.75, 3.05) is 6.61 Å². The summed E-state index contributed by atoms with van der Waals surface area (Å²) in [5.41, 5.74) is 4.64. The molecule has 0 atom stereocenters. The number of benzene rings is 2. The standard InChI is InChI=1S/C23H23NO3/c1-3-7-18(12-13-25)21-14-17(2)10-11-22(21)26-15-20-16-27-23(24-20)19-8-5-4-6-9-19/h3-12,14,16,25H,13,15H2,1-2H3/b7-3+,18-12-. The molecule has 138 valence electrons. The first kappa shape index (κ1) is 18.7. The highest BCUT2D eigenvalue weighted by Gasteiger charge is 2.11. The van der Waals surface area contributed by atoms with Crippen LogP contribution >= 0.6 is 0 Å². The SMILES string of the molecule is C/C=C/C(=C/CO)c1cc(C)ccc1OCc1coc(-c2ccccc2)n1. The molecule has 0 saturated heterocycles. The summed E-state index contributed by atoms with van der Waals surface area (Å²) in [6, 6.07) is 15.8. The minimum atomic E-state index is -0.0310. The molecule has 1 aromatic heterocycles. The number of aliphatic hydroxyl groups excluding tert-OH is 1. The van der Waals surface area contributed by atoms with Crippen LogP contribution in [0.2, 0.25) is 0 Å². The number of allylic oxidation sites excluding steroid dienone is 3. The van der Waals surface area contributed by atoms with E-state index in [9.17, 15) is 5.11 Å². The molecule has 0 fully saturated rings. The molecule has 0 aliphatic rings. The van der Waals surface area contributed by atoms with Crippen molar-refractivity contribution < 1.29 is 14.3 Å². The van der Waals surface area contributed by atoms with Crippen LogP contribution in [0.1, 0.15) is 23.7 Å². The fourth-order valence-electron chi connectivity index (χ4n) is 2.78. The molecule has 4 heteroatoms. The molecule has 0 radical (unpaired) electrons. The Kier molecular flexibility index (Phi) is 6.23. The van der Waals surface area contributed by atoms with Crippen molar-refractivity contribution in [3.8, 4) is 17.2 Å². The van der Waals surface area contributed by atoms with E-state index in [4.69, 9.17) is 9.15 Å². The van der Waals surface area contributed by atoms with E-state index in [-0.39, 0.29) is 6.61 Å². The molecule has 27 heavy (non-hydrogen) atoms. The van der Waals surface area contributed by atoms with Crippen LogP contribution in [-0.4, -0.2) is 16.7 Å². The van der Waals surface area contributed by atoms with Gasteiger partial charge in [-0.1, -0.05) is 48.1 Å². The largest absolute Gasteiger partial charge is 0.487 e. The van der Waals surface area contributed by atoms with Crippen LogP contribution in [0.3, 0.4) is 0 Å². The van der Waals surface area contributed by atoms with Gasteiger partial charge in [-0.25, -0.2) is 4.98 Å². The number of aryl methyl sites for hydroxylation is 1. The lowest BCUT2D eigenvalue weighted by Gasteiger charge is -2.12. The Hall–Kier alpha value is -3.11. The quantitative estimate of drug-likeness (QED) is 0.589. The third-order valence-electron chi connectivity index (χ3n) is 4.05. The molecule has 1 heterocycles. The smallest absolute Gasteiger partial charge is 0.226 e. The molecule has 1 N–H and O–H groups in total. The summed E-state index contributed by atoms with van der Waals surface area (Å²) in [6.45, 7) is 4.25. The number of hydrogen-bond donors (Lipinski definition) is 1. The Morgan fingerprint density at radius 3 is 2.74 bits per heavy atom. The highest BCUT2D eigenvalue weighted by Crippen LogP contribution is 2.29. The highest BCUT2D eigenvalue weighted by atomic mass is 16.5. The predicted molar refractivity (Wildman–Crippen MR) is 107 cm³/mol. The molecule has 0 spiro atoms. The Labute approximate surface area is 159 Å². The molecule has 0 saturated carbocycles. The maximum Gasteiger partial charge on any atom is 0.226 e. The second-order valence-electron chi connectivity index (χ2n) is 6.14. The van der Waals surface area contributed by atoms with Crippen molar-refractivity contribution in [3.63, 3.8) is 0 Å². The maximum absolute atomic E-state index is 9.33. The van der Waals surface area contributed by atoms with E-state index in [0.29, 0.717) is 12.5 Å². The number of aromatic nitrogens is 1. The van der Waals surface area contributed by atoms with Crippen LogP contribution < -0.4 is 4.74 Å². The zero-order chi connectivity index (χ0) is 19.1. The number of rotatable bonds is 7. The van der Waals surface area contributed by atoms with Gasteiger partial charge in [0, 0.05) is 11.1 Å². The van der Waals surface area contributed by atoms with Crippen LogP contribution in [0.15, 0.2) is 77.4 Å². The number of ether oxygens (including phenoxy) is 1. The zero-order valence-corrected chi connectivity index (χ0v) is 15.6. The summed E-state index contributed by atoms with van der Waals surface area (Å²) in [6.07, 6.45) is 7.29. The van der Waals surface area contributed by atoms with Crippen LogP contribution in [-0.2, 0) is 6.61 Å². The predicted octanol–water partition coefficient (Wildman–Crippen LogP) is 5.18. The van der Waals surface area contributed by atoms with Crippen molar-refractivity contribution in [1.29, 1.82) is 0 Å². The number of hydrogen-bond acceptors (Lipinski definition) is 4. The first-order chi connectivity index (χ1) is 13.2. The van der Waals surface area contributed by atoms with E-state index in [0.717, 1.165) is 33.7 Å². The topological polar surface area (TPSA) is 55.5 Å². The Balaban J connectivity index is 1.80. The normalized spacial score (nSPS) is 11.9. The van der Waals surface area contributed by atoms with Gasteiger partial charge in [-0.15, -0.1) is 0 Å². The summed E-state index contributed by atoms with van der Waals surface area (Å²) in [5.74, 6) is 1.32. The fourth-order valence-corrected chi connectivity index (χ4v) is 2.78. The molecule has 0 bridgehead atoms. The second-order valence-corrected chi connectivity index (χ2v) is 6.14. The summed E-state index contributed by atoms with van der Waals surface area (Å²) >= 11 is 0. The molecule has 2 aromatic carbocycles. The van der Waals surface area contributed by atoms with Crippen LogP contribution in [0.5, 0.6) is 5.75 Å². The van der Waals surface area contributed by atoms with Gasteiger partial charge in [0.1, 0.15) is 24.3 Å². The van der Waals surface area contributed by atoms with E-state index >= 15 is 0 Å². The molecule has 3 rings (SSSR count). The van der Waals surface area contributed by atoms with Gasteiger partial charge in [-0.05, 0) is 43.7 Å². The number of oxazole rings is 1. The third kappa shape index (κ3) is 4.74. The lowest BCUT2D eigenvalue weighted by molar-refractivity contribution is 0.300. The van der Waals surface area contributed by atoms with Gasteiger partial charge in [0.15, 0.2) is 0 Å². The summed E-state index contributed by atoms with van der Waals surface area (Å²) in [5, 5.41) is 9.33. The Bertz CT molecular complexity index is 939. The van der Waals surface area contributed by atoms with E-state index in [2.05, 4.69) is 11.1 Å². The van der Waals surface area contributed by atoms with Crippen molar-refractivity contribution in [1.82, 2.24) is 4.98 Å². The van der Waals surface area contributed by atoms with Crippen LogP contribution in [0.25, 0.3) is 17.0 Å². The average molecular weight is 361 g/mol. The van der Waals surface area contributed by atoms with Crippen molar-refractivity contribution in [3.05, 3.63) is 89.8 Å². The van der Waals surface area contributed by atoms with Gasteiger partial charge >= 0.3 is 0 Å². The molecule has 4 nitrogen and oxygen atoms in total. The first-order valence-electron chi connectivity index (χ1n) is 8.88. The van der Waals surface area contributed by atoms with E-state index in [1.165, 1.54) is 0 Å². The van der Waals surface area contributed by atoms with Crippen LogP contribution in [0.4, 0.5) is 0 Å². The van der Waals surface area contributed by atoms with Gasteiger partial charge in [0.2, 0.25) is 5.89 Å². The van der Waals surface area contributed by atoms with Gasteiger partial charge < -0.3 is 14.3 Å². The van der Waals surface area contributed by atoms with E-state index in [1.54, 1.807) is 12.3 Å². The summed E-state index contributed by atoms with van der Waals surface area (Å²) in [7, 11) is 0. The zero-order valence-electron chi connectivity index (χ0n) is 15.6. The van der Waals surface area contributed by atoms with Gasteiger partial charge in [-0.3, -0.25) is 0 Å². The highest BCUT2D eigenvalue weighted by molar-refractivity contribution is 5.78. The molecule has 0 aliphatic carbocycles.